The SMILES string of the molecule is Cc1c(COc2cc(OCCOCCOCCN3CCN(C(=O)CCC(C(=O)O)N(CCNCC(O)O)CCN(CCNCC(=O)O)CC(=O)O)CC3)c(CN3CCCC3)cc2Cl)cccc1-c1ccc2c(c1)OCCO2. The van der Waals surface area contributed by atoms with E-state index in [1.54, 1.807) is 14.7 Å². The van der Waals surface area contributed by atoms with Gasteiger partial charge in [-0.05, 0) is 79.7 Å². The summed E-state index contributed by atoms with van der Waals surface area (Å²) in [5.74, 6) is -0.721. The van der Waals surface area contributed by atoms with Gasteiger partial charge in [0.2, 0.25) is 5.91 Å². The fourth-order valence-corrected chi connectivity index (χ4v) is 9.75. The molecule has 1 atom stereocenters. The number of likely N-dealkylation sites (tertiary alicyclic amines) is 1. The number of carboxylic acid groups (broad SMARTS) is 3. The van der Waals surface area contributed by atoms with Crippen LogP contribution in [-0.2, 0) is 41.8 Å². The highest BCUT2D eigenvalue weighted by Crippen LogP contribution is 2.38. The molecule has 0 spiro atoms. The van der Waals surface area contributed by atoms with Gasteiger partial charge < -0.3 is 69.5 Å². The normalized spacial score (nSPS) is 15.4. The van der Waals surface area contributed by atoms with E-state index in [-0.39, 0.29) is 77.7 Å². The predicted octanol–water partition coefficient (Wildman–Crippen LogP) is 2.31. The number of hydrogen-bond donors (Lipinski definition) is 7. The Morgan fingerprint density at radius 3 is 2.19 bits per heavy atom. The molecule has 23 heteroatoms. The third kappa shape index (κ3) is 20.7. The first-order valence-electron chi connectivity index (χ1n) is 26.6. The lowest BCUT2D eigenvalue weighted by Gasteiger charge is -2.35. The van der Waals surface area contributed by atoms with Crippen LogP contribution in [0.4, 0.5) is 0 Å². The van der Waals surface area contributed by atoms with E-state index in [0.29, 0.717) is 102 Å². The molecule has 7 N–H and O–H groups in total. The first-order valence-corrected chi connectivity index (χ1v) is 27.0. The largest absolute Gasteiger partial charge is 0.491 e. The lowest BCUT2D eigenvalue weighted by molar-refractivity contribution is -0.145. The van der Waals surface area contributed by atoms with Crippen LogP contribution in [0.15, 0.2) is 48.5 Å². The van der Waals surface area contributed by atoms with Gasteiger partial charge in [0.25, 0.3) is 0 Å². The highest BCUT2D eigenvalue weighted by atomic mass is 35.5. The third-order valence-electron chi connectivity index (χ3n) is 13.7. The van der Waals surface area contributed by atoms with E-state index in [2.05, 4.69) is 39.5 Å². The summed E-state index contributed by atoms with van der Waals surface area (Å²) in [4.78, 5) is 58.0. The van der Waals surface area contributed by atoms with E-state index < -0.39 is 30.2 Å². The average Bonchev–Trinajstić information content (AvgIpc) is 3.93. The topological polar surface area (TPSA) is 265 Å². The summed E-state index contributed by atoms with van der Waals surface area (Å²) in [5.41, 5.74) is 5.23. The molecule has 1 amide bonds. The zero-order valence-corrected chi connectivity index (χ0v) is 45.0. The van der Waals surface area contributed by atoms with E-state index in [0.717, 1.165) is 71.8 Å². The number of aliphatic hydroxyl groups excluding tert-OH is 1. The number of aliphatic carboxylic acids is 3. The van der Waals surface area contributed by atoms with Crippen molar-refractivity contribution in [2.24, 2.45) is 0 Å². The number of nitrogens with zero attached hydrogens (tertiary/aromatic N) is 5. The standard InChI is InChI=1S/C54H78ClN7O15/c1-39-41(5-4-6-43(39)40-7-9-46-49(32-40)76-30-29-74-46)38-77-48-33-47(42(31-44(48)55)36-59-13-2-3-14-59)75-28-27-73-26-25-72-24-23-58-17-21-62(22-18-58)50(63)10-8-45(54(70)71)61(16-12-57-35-52(66)67)20-19-60(37-53(68)69)15-11-56-34-51(64)65/h4-7,9,31-33,45,52,56-57,66-67H,2-3,8,10-30,34-38H2,1H3,(H,64,65)(H,68,69)(H,70,71). The van der Waals surface area contributed by atoms with Gasteiger partial charge in [0, 0.05) is 103 Å². The third-order valence-corrected chi connectivity index (χ3v) is 14.0. The molecule has 1 unspecified atom stereocenters. The summed E-state index contributed by atoms with van der Waals surface area (Å²) in [6, 6.07) is 14.9. The molecule has 3 aromatic rings. The van der Waals surface area contributed by atoms with Crippen molar-refractivity contribution in [3.63, 3.8) is 0 Å². The molecular formula is C54H78ClN7O15. The van der Waals surface area contributed by atoms with Gasteiger partial charge in [0.1, 0.15) is 44.0 Å². The van der Waals surface area contributed by atoms with Crippen LogP contribution in [0.1, 0.15) is 42.4 Å². The van der Waals surface area contributed by atoms with Crippen molar-refractivity contribution in [2.75, 3.05) is 151 Å². The zero-order chi connectivity index (χ0) is 54.9. The molecule has 426 valence electrons. The van der Waals surface area contributed by atoms with Crippen molar-refractivity contribution in [3.8, 4) is 34.1 Å². The van der Waals surface area contributed by atoms with E-state index in [1.807, 2.05) is 36.4 Å². The molecule has 6 rings (SSSR count). The maximum atomic E-state index is 13.4. The number of amides is 1. The fraction of sp³-hybridized carbons (Fsp3) is 0.593. The summed E-state index contributed by atoms with van der Waals surface area (Å²) >= 11 is 6.87. The van der Waals surface area contributed by atoms with Crippen LogP contribution in [0.25, 0.3) is 11.1 Å². The number of carbonyl (C=O) groups is 4. The number of carboxylic acids is 3. The summed E-state index contributed by atoms with van der Waals surface area (Å²) in [7, 11) is 0. The van der Waals surface area contributed by atoms with E-state index in [9.17, 15) is 39.6 Å². The molecule has 3 aliphatic heterocycles. The number of hydrogen-bond acceptors (Lipinski definition) is 18. The molecule has 0 aromatic heterocycles. The number of benzene rings is 3. The quantitative estimate of drug-likeness (QED) is 0.0325. The Morgan fingerprint density at radius 2 is 1.47 bits per heavy atom. The molecule has 0 aliphatic carbocycles. The zero-order valence-electron chi connectivity index (χ0n) is 44.2. The highest BCUT2D eigenvalue weighted by molar-refractivity contribution is 6.32. The summed E-state index contributed by atoms with van der Waals surface area (Å²) < 4.78 is 36.0. The Bertz CT molecular complexity index is 2340. The van der Waals surface area contributed by atoms with E-state index in [1.165, 1.54) is 0 Å². The number of halogens is 1. The van der Waals surface area contributed by atoms with Crippen LogP contribution in [0, 0.1) is 6.92 Å². The number of rotatable bonds is 36. The Morgan fingerprint density at radius 1 is 0.740 bits per heavy atom. The van der Waals surface area contributed by atoms with Crippen molar-refractivity contribution in [1.29, 1.82) is 0 Å². The maximum Gasteiger partial charge on any atom is 0.320 e. The lowest BCUT2D eigenvalue weighted by Crippen LogP contribution is -2.51. The number of carbonyl (C=O) groups excluding carboxylic acids is 1. The van der Waals surface area contributed by atoms with Crippen LogP contribution in [-0.4, -0.2) is 237 Å². The van der Waals surface area contributed by atoms with Crippen molar-refractivity contribution < 1.29 is 73.1 Å². The first kappa shape index (κ1) is 60.9. The summed E-state index contributed by atoms with van der Waals surface area (Å²) in [6.07, 6.45) is 0.716. The van der Waals surface area contributed by atoms with Crippen LogP contribution in [0.3, 0.4) is 0 Å². The number of nitrogens with one attached hydrogen (secondary N) is 2. The minimum absolute atomic E-state index is 0.0105. The van der Waals surface area contributed by atoms with Crippen molar-refractivity contribution in [3.05, 3.63) is 70.2 Å². The van der Waals surface area contributed by atoms with Crippen LogP contribution < -0.4 is 29.6 Å². The molecule has 3 aromatic carbocycles. The number of fused-ring (bicyclic) bond motifs is 1. The van der Waals surface area contributed by atoms with Gasteiger partial charge in [-0.1, -0.05) is 35.9 Å². The minimum Gasteiger partial charge on any atom is -0.491 e. The second-order valence-corrected chi connectivity index (χ2v) is 19.7. The number of piperazine rings is 1. The van der Waals surface area contributed by atoms with Gasteiger partial charge in [-0.15, -0.1) is 0 Å². The smallest absolute Gasteiger partial charge is 0.320 e. The van der Waals surface area contributed by atoms with Crippen molar-refractivity contribution >= 4 is 35.4 Å². The first-order chi connectivity index (χ1) is 37.2. The van der Waals surface area contributed by atoms with Gasteiger partial charge in [0.05, 0.1) is 44.5 Å². The van der Waals surface area contributed by atoms with Crippen molar-refractivity contribution in [1.82, 2.24) is 35.1 Å². The van der Waals surface area contributed by atoms with Gasteiger partial charge in [0.15, 0.2) is 17.8 Å². The average molecular weight is 1100 g/mol. The molecule has 22 nitrogen and oxygen atoms in total. The molecule has 0 bridgehead atoms. The molecule has 0 radical (unpaired) electrons. The second-order valence-electron chi connectivity index (χ2n) is 19.3. The summed E-state index contributed by atoms with van der Waals surface area (Å²) in [6.45, 7) is 11.4. The van der Waals surface area contributed by atoms with Gasteiger partial charge >= 0.3 is 17.9 Å². The number of ether oxygens (including phenoxy) is 6. The molecular weight excluding hydrogens is 1020 g/mol. The molecule has 2 fully saturated rings. The molecule has 3 heterocycles. The number of aliphatic hydroxyl groups is 2. The van der Waals surface area contributed by atoms with E-state index in [4.69, 9.17) is 45.1 Å². The molecule has 2 saturated heterocycles. The van der Waals surface area contributed by atoms with Crippen LogP contribution in [0.2, 0.25) is 5.02 Å². The minimum atomic E-state index is -1.60. The highest BCUT2D eigenvalue weighted by Gasteiger charge is 2.29. The molecule has 3 aliphatic rings. The van der Waals surface area contributed by atoms with E-state index >= 15 is 0 Å². The maximum absolute atomic E-state index is 13.4. The van der Waals surface area contributed by atoms with Gasteiger partial charge in [-0.2, -0.15) is 0 Å². The van der Waals surface area contributed by atoms with Crippen LogP contribution >= 0.6 is 11.6 Å². The predicted molar refractivity (Wildman–Crippen MR) is 286 cm³/mol. The Kier molecular flexibility index (Phi) is 25.7. The Hall–Kier alpha value is -5.37. The van der Waals surface area contributed by atoms with Crippen LogP contribution in [0.5, 0.6) is 23.0 Å². The second kappa shape index (κ2) is 32.5. The Labute approximate surface area is 455 Å². The Balaban J connectivity index is 0.895. The molecule has 0 saturated carbocycles. The van der Waals surface area contributed by atoms with Gasteiger partial charge in [-0.25, -0.2) is 0 Å². The monoisotopic (exact) mass is 1100 g/mol. The fourth-order valence-electron chi connectivity index (χ4n) is 9.51. The summed E-state index contributed by atoms with van der Waals surface area (Å²) in [5, 5.41) is 53.2. The van der Waals surface area contributed by atoms with Gasteiger partial charge in [-0.3, -0.25) is 38.8 Å². The molecule has 77 heavy (non-hydrogen) atoms. The van der Waals surface area contributed by atoms with Crippen molar-refractivity contribution in [2.45, 2.75) is 58.1 Å². The lowest BCUT2D eigenvalue weighted by atomic mass is 9.96.